The van der Waals surface area contributed by atoms with Crippen molar-refractivity contribution >= 4 is 11.8 Å². The van der Waals surface area contributed by atoms with Crippen molar-refractivity contribution in [2.45, 2.75) is 44.7 Å². The van der Waals surface area contributed by atoms with E-state index in [1.165, 1.54) is 6.42 Å². The lowest BCUT2D eigenvalue weighted by Gasteiger charge is -2.46. The van der Waals surface area contributed by atoms with Gasteiger partial charge in [0, 0.05) is 26.2 Å². The Kier molecular flexibility index (Phi) is 3.08. The number of hydrogen-bond donors (Lipinski definition) is 1. The van der Waals surface area contributed by atoms with Crippen LogP contribution in [0.25, 0.3) is 0 Å². The summed E-state index contributed by atoms with van der Waals surface area (Å²) in [6, 6.07) is -0.00759. The molecule has 0 aromatic carbocycles. The Hall–Kier alpha value is -1.10. The van der Waals surface area contributed by atoms with Gasteiger partial charge in [-0.1, -0.05) is 0 Å². The van der Waals surface area contributed by atoms with Crippen molar-refractivity contribution in [3.8, 4) is 0 Å². The number of piperazine rings is 1. The number of fused-ring (bicyclic) bond motifs is 2. The number of hydrogen-bond acceptors (Lipinski definition) is 3. The lowest BCUT2D eigenvalue weighted by molar-refractivity contribution is -0.160. The second-order valence-corrected chi connectivity index (χ2v) is 7.21. The first kappa shape index (κ1) is 13.9. The number of carbonyl (C=O) groups is 2. The average Bonchev–Trinajstić information content (AvgIpc) is 2.96. The van der Waals surface area contributed by atoms with Gasteiger partial charge in [0.25, 0.3) is 0 Å². The molecule has 112 valence electrons. The van der Waals surface area contributed by atoms with E-state index in [-0.39, 0.29) is 23.8 Å². The van der Waals surface area contributed by atoms with Crippen LogP contribution in [0.5, 0.6) is 0 Å². The minimum Gasteiger partial charge on any atom is -0.342 e. The lowest BCUT2D eigenvalue weighted by Crippen LogP contribution is -2.65. The quantitative estimate of drug-likeness (QED) is 0.757. The minimum absolute atomic E-state index is 0.00759. The van der Waals surface area contributed by atoms with Gasteiger partial charge in [-0.15, -0.1) is 0 Å². The largest absolute Gasteiger partial charge is 0.342 e. The lowest BCUT2D eigenvalue weighted by atomic mass is 9.82. The number of nitrogens with two attached hydrogens (primary N) is 1. The van der Waals surface area contributed by atoms with Gasteiger partial charge in [0.15, 0.2) is 0 Å². The molecule has 3 fully saturated rings. The number of amides is 2. The van der Waals surface area contributed by atoms with Gasteiger partial charge in [0.2, 0.25) is 11.8 Å². The molecule has 4 atom stereocenters. The van der Waals surface area contributed by atoms with E-state index in [4.69, 9.17) is 5.73 Å². The third kappa shape index (κ3) is 1.79. The summed E-state index contributed by atoms with van der Waals surface area (Å²) in [6.45, 7) is 4.93. The zero-order valence-electron chi connectivity index (χ0n) is 12.6. The second-order valence-electron chi connectivity index (χ2n) is 7.21. The SMILES string of the molecule is CN1CCN(C(=O)C2C3CCC(C3)C2N)C(C)(C)C1=O. The average molecular weight is 279 g/mol. The molecule has 2 bridgehead atoms. The highest BCUT2D eigenvalue weighted by Crippen LogP contribution is 2.48. The first-order chi connectivity index (χ1) is 9.34. The first-order valence-corrected chi connectivity index (χ1v) is 7.66. The van der Waals surface area contributed by atoms with Crippen molar-refractivity contribution in [1.29, 1.82) is 0 Å². The van der Waals surface area contributed by atoms with Crippen molar-refractivity contribution in [3.63, 3.8) is 0 Å². The molecule has 3 aliphatic rings. The summed E-state index contributed by atoms with van der Waals surface area (Å²) in [4.78, 5) is 28.8. The highest BCUT2D eigenvalue weighted by molar-refractivity contribution is 5.93. The number of carbonyl (C=O) groups excluding carboxylic acids is 2. The smallest absolute Gasteiger partial charge is 0.247 e. The zero-order chi connectivity index (χ0) is 14.7. The van der Waals surface area contributed by atoms with Crippen LogP contribution in [0.3, 0.4) is 0 Å². The van der Waals surface area contributed by atoms with Gasteiger partial charge in [0.05, 0.1) is 5.92 Å². The fourth-order valence-electron chi connectivity index (χ4n) is 4.48. The summed E-state index contributed by atoms with van der Waals surface area (Å²) in [5.74, 6) is 1.02. The molecule has 5 heteroatoms. The van der Waals surface area contributed by atoms with E-state index in [2.05, 4.69) is 0 Å². The van der Waals surface area contributed by atoms with Crippen LogP contribution >= 0.6 is 0 Å². The summed E-state index contributed by atoms with van der Waals surface area (Å²) in [6.07, 6.45) is 3.39. The van der Waals surface area contributed by atoms with Gasteiger partial charge < -0.3 is 15.5 Å². The molecule has 2 amide bonds. The van der Waals surface area contributed by atoms with E-state index in [1.807, 2.05) is 13.8 Å². The zero-order valence-corrected chi connectivity index (χ0v) is 12.6. The number of nitrogens with zero attached hydrogens (tertiary/aromatic N) is 2. The van der Waals surface area contributed by atoms with Crippen LogP contribution in [-0.2, 0) is 9.59 Å². The van der Waals surface area contributed by atoms with Crippen molar-refractivity contribution in [3.05, 3.63) is 0 Å². The van der Waals surface area contributed by atoms with Gasteiger partial charge in [-0.25, -0.2) is 0 Å². The Morgan fingerprint density at radius 3 is 2.50 bits per heavy atom. The first-order valence-electron chi connectivity index (χ1n) is 7.66. The third-order valence-corrected chi connectivity index (χ3v) is 5.74. The van der Waals surface area contributed by atoms with E-state index in [0.29, 0.717) is 24.9 Å². The fourth-order valence-corrected chi connectivity index (χ4v) is 4.48. The highest BCUT2D eigenvalue weighted by Gasteiger charge is 2.53. The van der Waals surface area contributed by atoms with Crippen LogP contribution < -0.4 is 5.73 Å². The summed E-state index contributed by atoms with van der Waals surface area (Å²) >= 11 is 0. The van der Waals surface area contributed by atoms with E-state index >= 15 is 0 Å². The molecular formula is C15H25N3O2. The fraction of sp³-hybridized carbons (Fsp3) is 0.867. The van der Waals surface area contributed by atoms with Gasteiger partial charge in [-0.2, -0.15) is 0 Å². The Balaban J connectivity index is 1.82. The number of rotatable bonds is 1. The normalized spacial score (nSPS) is 39.5. The summed E-state index contributed by atoms with van der Waals surface area (Å²) < 4.78 is 0. The molecule has 2 N–H and O–H groups in total. The second kappa shape index (κ2) is 4.45. The standard InChI is InChI=1S/C15H25N3O2/c1-15(2)14(20)17(3)6-7-18(15)13(19)11-9-4-5-10(8-9)12(11)16/h9-12H,4-8,16H2,1-3H3. The van der Waals surface area contributed by atoms with Crippen LogP contribution in [0.1, 0.15) is 33.1 Å². The van der Waals surface area contributed by atoms with E-state index < -0.39 is 5.54 Å². The molecule has 0 aromatic rings. The van der Waals surface area contributed by atoms with E-state index in [1.54, 1.807) is 16.8 Å². The monoisotopic (exact) mass is 279 g/mol. The Morgan fingerprint density at radius 2 is 1.90 bits per heavy atom. The molecule has 1 aliphatic heterocycles. The Morgan fingerprint density at radius 1 is 1.25 bits per heavy atom. The predicted molar refractivity (Wildman–Crippen MR) is 75.7 cm³/mol. The maximum Gasteiger partial charge on any atom is 0.247 e. The van der Waals surface area contributed by atoms with Crippen molar-refractivity contribution in [2.24, 2.45) is 23.5 Å². The molecule has 1 heterocycles. The molecule has 0 aromatic heterocycles. The summed E-state index contributed by atoms with van der Waals surface area (Å²) in [5, 5.41) is 0. The predicted octanol–water partition coefficient (Wildman–Crippen LogP) is 0.439. The Bertz CT molecular complexity index is 446. The van der Waals surface area contributed by atoms with Crippen LogP contribution in [0, 0.1) is 17.8 Å². The molecule has 20 heavy (non-hydrogen) atoms. The molecule has 0 spiro atoms. The van der Waals surface area contributed by atoms with Gasteiger partial charge in [-0.05, 0) is 44.9 Å². The molecule has 4 unspecified atom stereocenters. The molecule has 2 aliphatic carbocycles. The molecule has 5 nitrogen and oxygen atoms in total. The molecule has 0 radical (unpaired) electrons. The van der Waals surface area contributed by atoms with Gasteiger partial charge in [-0.3, -0.25) is 9.59 Å². The number of likely N-dealkylation sites (N-methyl/N-ethyl adjacent to an activating group) is 1. The minimum atomic E-state index is -0.744. The van der Waals surface area contributed by atoms with Crippen LogP contribution in [-0.4, -0.2) is 53.3 Å². The van der Waals surface area contributed by atoms with Gasteiger partial charge in [0.1, 0.15) is 5.54 Å². The topological polar surface area (TPSA) is 66.6 Å². The van der Waals surface area contributed by atoms with Crippen molar-refractivity contribution < 1.29 is 9.59 Å². The van der Waals surface area contributed by atoms with E-state index in [9.17, 15) is 9.59 Å². The summed E-state index contributed by atoms with van der Waals surface area (Å²) in [5.41, 5.74) is 5.54. The van der Waals surface area contributed by atoms with Crippen molar-refractivity contribution in [2.75, 3.05) is 20.1 Å². The molecule has 1 saturated heterocycles. The third-order valence-electron chi connectivity index (χ3n) is 5.74. The maximum atomic E-state index is 12.9. The molecule has 3 rings (SSSR count). The maximum absolute atomic E-state index is 12.9. The van der Waals surface area contributed by atoms with Crippen molar-refractivity contribution in [1.82, 2.24) is 9.80 Å². The summed E-state index contributed by atoms with van der Waals surface area (Å²) in [7, 11) is 1.80. The molecule has 2 saturated carbocycles. The van der Waals surface area contributed by atoms with Crippen LogP contribution in [0.4, 0.5) is 0 Å². The van der Waals surface area contributed by atoms with Crippen LogP contribution in [0.15, 0.2) is 0 Å². The highest BCUT2D eigenvalue weighted by atomic mass is 16.2. The van der Waals surface area contributed by atoms with Crippen LogP contribution in [0.2, 0.25) is 0 Å². The van der Waals surface area contributed by atoms with Gasteiger partial charge >= 0.3 is 0 Å². The van der Waals surface area contributed by atoms with E-state index in [0.717, 1.165) is 12.8 Å². The molecular weight excluding hydrogens is 254 g/mol. The Labute approximate surface area is 120 Å².